The molecular formula is C14H25Na2O4P. The second-order valence-corrected chi connectivity index (χ2v) is 7.96. The fourth-order valence-electron chi connectivity index (χ4n) is 1.79. The first-order valence-electron chi connectivity index (χ1n) is 6.21. The molecule has 0 radical (unpaired) electrons. The molecule has 0 bridgehead atoms. The van der Waals surface area contributed by atoms with Crippen LogP contribution in [0.15, 0.2) is 18.2 Å². The molecule has 0 aromatic heterocycles. The minimum absolute atomic E-state index is 0. The van der Waals surface area contributed by atoms with E-state index < -0.39 is 7.82 Å². The zero-order chi connectivity index (χ0) is 15.1. The third-order valence-electron chi connectivity index (χ3n) is 2.87. The molecule has 7 heteroatoms. The zero-order valence-corrected chi connectivity index (χ0v) is 19.3. The van der Waals surface area contributed by atoms with Gasteiger partial charge in [0, 0.05) is 5.56 Å². The molecule has 0 unspecified atom stereocenters. The fourth-order valence-corrected chi connectivity index (χ4v) is 2.21. The molecule has 0 heterocycles. The van der Waals surface area contributed by atoms with Crippen molar-refractivity contribution < 1.29 is 80.8 Å². The summed E-state index contributed by atoms with van der Waals surface area (Å²) in [7, 11) is -4.54. The standard InChI is InChI=1S/C14H23O4P.2Na.2H/c1-13(2,3)10-7-8-12(18-19(15,16)17)11(9-10)14(4,5)6;;;;/h7-9H,1-6H3,(H2,15,16,17);;;;/q;2*+1;2*-1. The Hall–Kier alpha value is 1.17. The van der Waals surface area contributed by atoms with Gasteiger partial charge in [0.15, 0.2) is 0 Å². The molecule has 0 aliphatic heterocycles. The van der Waals surface area contributed by atoms with Crippen LogP contribution in [0, 0.1) is 0 Å². The van der Waals surface area contributed by atoms with Gasteiger partial charge in [0.2, 0.25) is 0 Å². The molecule has 0 saturated carbocycles. The van der Waals surface area contributed by atoms with Gasteiger partial charge in [0.1, 0.15) is 5.75 Å². The summed E-state index contributed by atoms with van der Waals surface area (Å²) in [4.78, 5) is 18.0. The normalized spacial score (nSPS) is 12.2. The average molecular weight is 334 g/mol. The van der Waals surface area contributed by atoms with Crippen LogP contribution in [-0.2, 0) is 15.4 Å². The van der Waals surface area contributed by atoms with Gasteiger partial charge >= 0.3 is 66.9 Å². The summed E-state index contributed by atoms with van der Waals surface area (Å²) in [6, 6.07) is 5.45. The zero-order valence-electron chi connectivity index (χ0n) is 16.4. The topological polar surface area (TPSA) is 66.8 Å². The van der Waals surface area contributed by atoms with Crippen molar-refractivity contribution >= 4 is 7.82 Å². The van der Waals surface area contributed by atoms with Gasteiger partial charge in [-0.25, -0.2) is 4.57 Å². The van der Waals surface area contributed by atoms with Gasteiger partial charge in [-0.05, 0) is 22.5 Å². The Kier molecular flexibility index (Phi) is 9.68. The van der Waals surface area contributed by atoms with Crippen molar-refractivity contribution in [2.24, 2.45) is 0 Å². The predicted octanol–water partition coefficient (Wildman–Crippen LogP) is -2.01. The quantitative estimate of drug-likeness (QED) is 0.484. The van der Waals surface area contributed by atoms with Crippen molar-refractivity contribution in [3.8, 4) is 5.75 Å². The molecule has 21 heavy (non-hydrogen) atoms. The van der Waals surface area contributed by atoms with E-state index in [-0.39, 0.29) is 78.5 Å². The van der Waals surface area contributed by atoms with E-state index in [4.69, 9.17) is 14.3 Å². The van der Waals surface area contributed by atoms with E-state index in [9.17, 15) is 4.57 Å². The predicted molar refractivity (Wildman–Crippen MR) is 78.7 cm³/mol. The Morgan fingerprint density at radius 3 is 1.81 bits per heavy atom. The van der Waals surface area contributed by atoms with Crippen molar-refractivity contribution in [3.63, 3.8) is 0 Å². The van der Waals surface area contributed by atoms with E-state index in [1.54, 1.807) is 6.07 Å². The van der Waals surface area contributed by atoms with Gasteiger partial charge in [-0.1, -0.05) is 53.7 Å². The summed E-state index contributed by atoms with van der Waals surface area (Å²) in [5.41, 5.74) is 1.62. The summed E-state index contributed by atoms with van der Waals surface area (Å²) in [6.45, 7) is 12.2. The van der Waals surface area contributed by atoms with Crippen LogP contribution in [0.25, 0.3) is 0 Å². The van der Waals surface area contributed by atoms with E-state index in [2.05, 4.69) is 20.8 Å². The summed E-state index contributed by atoms with van der Waals surface area (Å²) in [5, 5.41) is 0. The largest absolute Gasteiger partial charge is 1.00 e. The van der Waals surface area contributed by atoms with E-state index in [0.29, 0.717) is 0 Å². The molecule has 4 nitrogen and oxygen atoms in total. The Morgan fingerprint density at radius 1 is 1.00 bits per heavy atom. The van der Waals surface area contributed by atoms with Crippen molar-refractivity contribution in [3.05, 3.63) is 29.3 Å². The van der Waals surface area contributed by atoms with E-state index >= 15 is 0 Å². The first-order chi connectivity index (χ1) is 8.31. The average Bonchev–Trinajstić information content (AvgIpc) is 2.11. The third kappa shape index (κ3) is 8.01. The summed E-state index contributed by atoms with van der Waals surface area (Å²) in [5.74, 6) is 0.244. The van der Waals surface area contributed by atoms with Crippen molar-refractivity contribution in [1.82, 2.24) is 0 Å². The van der Waals surface area contributed by atoms with Crippen LogP contribution in [0.2, 0.25) is 0 Å². The van der Waals surface area contributed by atoms with Gasteiger partial charge in [-0.15, -0.1) is 0 Å². The van der Waals surface area contributed by atoms with Crippen LogP contribution >= 0.6 is 7.82 Å². The van der Waals surface area contributed by atoms with E-state index in [1.165, 1.54) is 0 Å². The van der Waals surface area contributed by atoms with E-state index in [1.807, 2.05) is 32.9 Å². The maximum absolute atomic E-state index is 11.0. The molecular weight excluding hydrogens is 309 g/mol. The van der Waals surface area contributed by atoms with Crippen molar-refractivity contribution in [1.29, 1.82) is 0 Å². The van der Waals surface area contributed by atoms with Crippen LogP contribution in [0.1, 0.15) is 55.5 Å². The minimum Gasteiger partial charge on any atom is -1.00 e. The summed E-state index contributed by atoms with van der Waals surface area (Å²) < 4.78 is 15.8. The Labute approximate surface area is 174 Å². The molecule has 112 valence electrons. The molecule has 1 aromatic rings. The summed E-state index contributed by atoms with van der Waals surface area (Å²) >= 11 is 0. The Morgan fingerprint density at radius 2 is 1.48 bits per heavy atom. The number of benzene rings is 1. The molecule has 0 saturated heterocycles. The van der Waals surface area contributed by atoms with Crippen LogP contribution in [0.3, 0.4) is 0 Å². The third-order valence-corrected chi connectivity index (χ3v) is 3.31. The van der Waals surface area contributed by atoms with Crippen LogP contribution in [0.4, 0.5) is 0 Å². The van der Waals surface area contributed by atoms with Gasteiger partial charge in [0.05, 0.1) is 0 Å². The van der Waals surface area contributed by atoms with E-state index in [0.717, 1.165) is 11.1 Å². The minimum atomic E-state index is -4.54. The van der Waals surface area contributed by atoms with Gasteiger partial charge in [-0.2, -0.15) is 0 Å². The second-order valence-electron chi connectivity index (χ2n) is 6.79. The van der Waals surface area contributed by atoms with Crippen LogP contribution in [0.5, 0.6) is 5.75 Å². The smallest absolute Gasteiger partial charge is 1.00 e. The number of phosphoric ester groups is 1. The number of phosphoric acid groups is 1. The Balaban J connectivity index is -0.000000451. The molecule has 1 rings (SSSR count). The number of hydrogen-bond donors (Lipinski definition) is 2. The first kappa shape index (κ1) is 24.4. The van der Waals surface area contributed by atoms with Crippen molar-refractivity contribution in [2.45, 2.75) is 52.4 Å². The maximum atomic E-state index is 11.0. The number of rotatable bonds is 2. The SMILES string of the molecule is CC(C)(C)c1ccc(OP(=O)(O)O)c(C(C)(C)C)c1.[H-].[H-].[Na+].[Na+]. The van der Waals surface area contributed by atoms with Gasteiger partial charge in [0.25, 0.3) is 0 Å². The Bertz CT molecular complexity index is 522. The van der Waals surface area contributed by atoms with Gasteiger partial charge in [-0.3, -0.25) is 9.79 Å². The molecule has 0 fully saturated rings. The summed E-state index contributed by atoms with van der Waals surface area (Å²) in [6.07, 6.45) is 0. The van der Waals surface area contributed by atoms with Crippen LogP contribution < -0.4 is 63.6 Å². The van der Waals surface area contributed by atoms with Crippen molar-refractivity contribution in [2.75, 3.05) is 0 Å². The molecule has 1 aromatic carbocycles. The molecule has 0 spiro atoms. The van der Waals surface area contributed by atoms with Crippen LogP contribution in [-0.4, -0.2) is 9.79 Å². The molecule has 0 atom stereocenters. The fraction of sp³-hybridized carbons (Fsp3) is 0.571. The molecule has 2 N–H and O–H groups in total. The molecule has 0 aliphatic rings. The number of hydrogen-bond acceptors (Lipinski definition) is 2. The van der Waals surface area contributed by atoms with Gasteiger partial charge < -0.3 is 7.38 Å². The molecule has 0 amide bonds. The second kappa shape index (κ2) is 8.32. The molecule has 0 aliphatic carbocycles. The maximum Gasteiger partial charge on any atom is 1.00 e. The monoisotopic (exact) mass is 334 g/mol. The first-order valence-corrected chi connectivity index (χ1v) is 7.74.